The molecule has 0 saturated heterocycles. The third-order valence-electron chi connectivity index (χ3n) is 2.19. The number of carbonyl (C=O) groups is 1. The van der Waals surface area contributed by atoms with E-state index in [1.807, 2.05) is 13.8 Å². The Labute approximate surface area is 83.5 Å². The molecule has 0 atom stereocenters. The molecule has 0 aliphatic rings. The summed E-state index contributed by atoms with van der Waals surface area (Å²) in [7, 11) is 1.76. The van der Waals surface area contributed by atoms with Gasteiger partial charge < -0.3 is 10.2 Å². The first-order chi connectivity index (χ1) is 6.65. The van der Waals surface area contributed by atoms with Gasteiger partial charge in [-0.1, -0.05) is 0 Å². The highest BCUT2D eigenvalue weighted by Crippen LogP contribution is 2.01. The van der Waals surface area contributed by atoms with Crippen molar-refractivity contribution in [2.24, 2.45) is 0 Å². The normalized spacial score (nSPS) is 9.93. The van der Waals surface area contributed by atoms with Gasteiger partial charge >= 0.3 is 6.03 Å². The third kappa shape index (κ3) is 2.48. The molecular formula is C9H16N4O. The van der Waals surface area contributed by atoms with Gasteiger partial charge in [0.1, 0.15) is 0 Å². The predicted octanol–water partition coefficient (Wildman–Crippen LogP) is 0.879. The molecule has 2 N–H and O–H groups in total. The van der Waals surface area contributed by atoms with E-state index in [9.17, 15) is 4.79 Å². The average molecular weight is 196 g/mol. The highest BCUT2D eigenvalue weighted by Gasteiger charge is 2.06. The van der Waals surface area contributed by atoms with E-state index in [1.54, 1.807) is 18.1 Å². The fraction of sp³-hybridized carbons (Fsp3) is 0.556. The fourth-order valence-corrected chi connectivity index (χ4v) is 1.00. The molecule has 1 aromatic heterocycles. The van der Waals surface area contributed by atoms with Crippen LogP contribution in [0.5, 0.6) is 0 Å². The molecule has 0 unspecified atom stereocenters. The molecule has 2 amide bonds. The number of nitrogens with zero attached hydrogens (tertiary/aromatic N) is 2. The van der Waals surface area contributed by atoms with E-state index in [1.165, 1.54) is 0 Å². The smallest absolute Gasteiger partial charge is 0.317 e. The van der Waals surface area contributed by atoms with Gasteiger partial charge in [0.25, 0.3) is 0 Å². The van der Waals surface area contributed by atoms with Crippen LogP contribution in [0.15, 0.2) is 6.20 Å². The number of hydrogen-bond acceptors (Lipinski definition) is 2. The van der Waals surface area contributed by atoms with E-state index < -0.39 is 0 Å². The van der Waals surface area contributed by atoms with E-state index >= 15 is 0 Å². The minimum absolute atomic E-state index is 0.0619. The lowest BCUT2D eigenvalue weighted by molar-refractivity contribution is 0.210. The third-order valence-corrected chi connectivity index (χ3v) is 2.19. The van der Waals surface area contributed by atoms with E-state index in [0.717, 1.165) is 11.3 Å². The maximum absolute atomic E-state index is 11.4. The van der Waals surface area contributed by atoms with Gasteiger partial charge in [-0.15, -0.1) is 0 Å². The second kappa shape index (κ2) is 4.64. The van der Waals surface area contributed by atoms with E-state index in [-0.39, 0.29) is 6.03 Å². The number of hydrogen-bond donors (Lipinski definition) is 2. The zero-order valence-electron chi connectivity index (χ0n) is 8.79. The Hall–Kier alpha value is -1.52. The number of aromatic amines is 1. The van der Waals surface area contributed by atoms with Gasteiger partial charge in [0.05, 0.1) is 6.20 Å². The Morgan fingerprint density at radius 1 is 1.71 bits per heavy atom. The molecule has 0 spiro atoms. The van der Waals surface area contributed by atoms with Crippen molar-refractivity contribution in [1.82, 2.24) is 20.4 Å². The Morgan fingerprint density at radius 2 is 2.43 bits per heavy atom. The molecule has 14 heavy (non-hydrogen) atoms. The molecule has 5 heteroatoms. The van der Waals surface area contributed by atoms with Crippen molar-refractivity contribution in [2.75, 3.05) is 13.6 Å². The van der Waals surface area contributed by atoms with E-state index in [2.05, 4.69) is 15.5 Å². The van der Waals surface area contributed by atoms with Crippen LogP contribution in [0.1, 0.15) is 18.2 Å². The predicted molar refractivity (Wildman–Crippen MR) is 53.9 cm³/mol. The summed E-state index contributed by atoms with van der Waals surface area (Å²) in [6.07, 6.45) is 1.72. The number of aryl methyl sites for hydroxylation is 1. The van der Waals surface area contributed by atoms with Crippen molar-refractivity contribution in [3.8, 4) is 0 Å². The number of rotatable bonds is 3. The molecule has 0 radical (unpaired) electrons. The monoisotopic (exact) mass is 196 g/mol. The lowest BCUT2D eigenvalue weighted by atomic mass is 10.3. The molecule has 1 aromatic rings. The maximum atomic E-state index is 11.4. The molecular weight excluding hydrogens is 180 g/mol. The Kier molecular flexibility index (Phi) is 3.50. The minimum Gasteiger partial charge on any atom is -0.334 e. The highest BCUT2D eigenvalue weighted by atomic mass is 16.2. The van der Waals surface area contributed by atoms with Gasteiger partial charge in [0.2, 0.25) is 0 Å². The minimum atomic E-state index is -0.0619. The molecule has 0 aromatic carbocycles. The summed E-state index contributed by atoms with van der Waals surface area (Å²) in [5.74, 6) is 0. The molecule has 0 aliphatic carbocycles. The summed E-state index contributed by atoms with van der Waals surface area (Å²) >= 11 is 0. The molecule has 0 aliphatic heterocycles. The molecule has 0 fully saturated rings. The zero-order chi connectivity index (χ0) is 10.6. The quantitative estimate of drug-likeness (QED) is 0.753. The van der Waals surface area contributed by atoms with Gasteiger partial charge in [-0.25, -0.2) is 4.79 Å². The van der Waals surface area contributed by atoms with Crippen LogP contribution in [0.2, 0.25) is 0 Å². The first-order valence-corrected chi connectivity index (χ1v) is 4.63. The van der Waals surface area contributed by atoms with Gasteiger partial charge in [0.15, 0.2) is 0 Å². The number of urea groups is 1. The first kappa shape index (κ1) is 10.6. The standard InChI is InChI=1S/C9H16N4O/c1-4-13(3)9(14)10-5-8-6-11-12-7(8)2/h6H,4-5H2,1-3H3,(H,10,14)(H,11,12). The fourth-order valence-electron chi connectivity index (χ4n) is 1.00. The van der Waals surface area contributed by atoms with Gasteiger partial charge in [-0.3, -0.25) is 5.10 Å². The Morgan fingerprint density at radius 3 is 2.93 bits per heavy atom. The van der Waals surface area contributed by atoms with Crippen LogP contribution in [0, 0.1) is 6.92 Å². The second-order valence-electron chi connectivity index (χ2n) is 3.19. The van der Waals surface area contributed by atoms with Crippen molar-refractivity contribution in [1.29, 1.82) is 0 Å². The van der Waals surface area contributed by atoms with Crippen LogP contribution in [0.3, 0.4) is 0 Å². The number of nitrogens with one attached hydrogen (secondary N) is 2. The molecule has 1 rings (SSSR count). The van der Waals surface area contributed by atoms with Crippen molar-refractivity contribution in [3.63, 3.8) is 0 Å². The van der Waals surface area contributed by atoms with Gasteiger partial charge in [-0.05, 0) is 13.8 Å². The van der Waals surface area contributed by atoms with Crippen LogP contribution >= 0.6 is 0 Å². The van der Waals surface area contributed by atoms with Crippen molar-refractivity contribution in [2.45, 2.75) is 20.4 Å². The van der Waals surface area contributed by atoms with E-state index in [0.29, 0.717) is 13.1 Å². The summed E-state index contributed by atoms with van der Waals surface area (Å²) in [6.45, 7) is 5.09. The second-order valence-corrected chi connectivity index (χ2v) is 3.19. The van der Waals surface area contributed by atoms with Crippen molar-refractivity contribution in [3.05, 3.63) is 17.5 Å². The van der Waals surface area contributed by atoms with Crippen LogP contribution in [-0.2, 0) is 6.54 Å². The van der Waals surface area contributed by atoms with Gasteiger partial charge in [0, 0.05) is 31.4 Å². The van der Waals surface area contributed by atoms with E-state index in [4.69, 9.17) is 0 Å². The van der Waals surface area contributed by atoms with Crippen molar-refractivity contribution < 1.29 is 4.79 Å². The Bertz CT molecular complexity index is 308. The number of aromatic nitrogens is 2. The number of H-pyrrole nitrogens is 1. The molecule has 0 saturated carbocycles. The lowest BCUT2D eigenvalue weighted by Gasteiger charge is -2.15. The summed E-state index contributed by atoms with van der Waals surface area (Å²) in [4.78, 5) is 13.0. The van der Waals surface area contributed by atoms with Crippen LogP contribution in [-0.4, -0.2) is 34.7 Å². The summed E-state index contributed by atoms with van der Waals surface area (Å²) in [5.41, 5.74) is 2.01. The molecule has 5 nitrogen and oxygen atoms in total. The number of amides is 2. The van der Waals surface area contributed by atoms with Gasteiger partial charge in [-0.2, -0.15) is 5.10 Å². The maximum Gasteiger partial charge on any atom is 0.317 e. The highest BCUT2D eigenvalue weighted by molar-refractivity contribution is 5.73. The summed E-state index contributed by atoms with van der Waals surface area (Å²) in [5, 5.41) is 9.50. The van der Waals surface area contributed by atoms with Crippen LogP contribution in [0.4, 0.5) is 4.79 Å². The largest absolute Gasteiger partial charge is 0.334 e. The molecule has 78 valence electrons. The van der Waals surface area contributed by atoms with Crippen molar-refractivity contribution >= 4 is 6.03 Å². The van der Waals surface area contributed by atoms with Crippen LogP contribution < -0.4 is 5.32 Å². The summed E-state index contributed by atoms with van der Waals surface area (Å²) in [6, 6.07) is -0.0619. The molecule has 1 heterocycles. The summed E-state index contributed by atoms with van der Waals surface area (Å²) < 4.78 is 0. The topological polar surface area (TPSA) is 61.0 Å². The average Bonchev–Trinajstić information content (AvgIpc) is 2.59. The van der Waals surface area contributed by atoms with Crippen LogP contribution in [0.25, 0.3) is 0 Å². The number of carbonyl (C=O) groups excluding carboxylic acids is 1. The molecule has 0 bridgehead atoms. The lowest BCUT2D eigenvalue weighted by Crippen LogP contribution is -2.36. The zero-order valence-corrected chi connectivity index (χ0v) is 8.79. The first-order valence-electron chi connectivity index (χ1n) is 4.63. The SMILES string of the molecule is CCN(C)C(=O)NCc1cn[nH]c1C. The Balaban J connectivity index is 2.41.